The van der Waals surface area contributed by atoms with E-state index in [4.69, 9.17) is 0 Å². The third-order valence-electron chi connectivity index (χ3n) is 7.81. The van der Waals surface area contributed by atoms with Crippen LogP contribution in [0.3, 0.4) is 0 Å². The Kier molecular flexibility index (Phi) is 4.08. The lowest BCUT2D eigenvalue weighted by Crippen LogP contribution is -2.58. The molecule has 7 unspecified atom stereocenters. The highest BCUT2D eigenvalue weighted by molar-refractivity contribution is 5.23. The van der Waals surface area contributed by atoms with Crippen LogP contribution in [0, 0.1) is 35.0 Å². The number of allylic oxidation sites excluding steroid dienone is 3. The Bertz CT molecular complexity index is 478. The summed E-state index contributed by atoms with van der Waals surface area (Å²) in [6, 6.07) is 0. The molecule has 1 heteroatoms. The Morgan fingerprint density at radius 3 is 2.59 bits per heavy atom. The summed E-state index contributed by atoms with van der Waals surface area (Å²) < 4.78 is 0. The summed E-state index contributed by atoms with van der Waals surface area (Å²) in [7, 11) is 2.18. The van der Waals surface area contributed by atoms with E-state index in [1.165, 1.54) is 37.7 Å². The quantitative estimate of drug-likeness (QED) is 0.707. The van der Waals surface area contributed by atoms with Crippen molar-refractivity contribution in [2.75, 3.05) is 7.05 Å². The number of hydrogen-bond donors (Lipinski definition) is 1. The highest BCUT2D eigenvalue weighted by Crippen LogP contribution is 2.67. The van der Waals surface area contributed by atoms with Crippen molar-refractivity contribution in [3.05, 3.63) is 24.3 Å². The molecule has 3 rings (SSSR count). The first kappa shape index (κ1) is 16.3. The number of hydrogen-bond acceptors (Lipinski definition) is 1. The van der Waals surface area contributed by atoms with Crippen LogP contribution in [0.15, 0.2) is 24.3 Å². The molecular formula is C21H35N. The first-order valence-corrected chi connectivity index (χ1v) is 9.38. The second-order valence-electron chi connectivity index (χ2n) is 8.95. The van der Waals surface area contributed by atoms with Crippen LogP contribution >= 0.6 is 0 Å². The molecule has 0 aliphatic heterocycles. The van der Waals surface area contributed by atoms with Gasteiger partial charge in [0.1, 0.15) is 0 Å². The third-order valence-corrected chi connectivity index (χ3v) is 7.81. The van der Waals surface area contributed by atoms with Gasteiger partial charge in [0.2, 0.25) is 0 Å². The molecule has 0 aromatic heterocycles. The lowest BCUT2D eigenvalue weighted by Gasteiger charge is -2.57. The van der Waals surface area contributed by atoms with Crippen molar-refractivity contribution >= 4 is 0 Å². The zero-order chi connectivity index (χ0) is 16.1. The molecule has 3 aliphatic rings. The second kappa shape index (κ2) is 5.51. The smallest absolute Gasteiger partial charge is 0.0181 e. The van der Waals surface area contributed by atoms with Crippen molar-refractivity contribution in [3.8, 4) is 0 Å². The van der Waals surface area contributed by atoms with Gasteiger partial charge < -0.3 is 5.32 Å². The van der Waals surface area contributed by atoms with E-state index < -0.39 is 0 Å². The molecule has 22 heavy (non-hydrogen) atoms. The van der Waals surface area contributed by atoms with Gasteiger partial charge in [-0.15, -0.1) is 0 Å². The molecule has 3 saturated carbocycles. The summed E-state index contributed by atoms with van der Waals surface area (Å²) in [6.07, 6.45) is 11.9. The van der Waals surface area contributed by atoms with E-state index >= 15 is 0 Å². The van der Waals surface area contributed by atoms with Crippen LogP contribution in [0.25, 0.3) is 0 Å². The molecule has 0 aromatic carbocycles. The van der Waals surface area contributed by atoms with E-state index in [1.54, 1.807) is 0 Å². The normalized spacial score (nSPS) is 51.0. The minimum Gasteiger partial charge on any atom is -0.314 e. The summed E-state index contributed by atoms with van der Waals surface area (Å²) in [6.45, 7) is 13.8. The lowest BCUT2D eigenvalue weighted by molar-refractivity contribution is -0.0418. The molecule has 0 amide bonds. The molecule has 3 aliphatic carbocycles. The first-order valence-electron chi connectivity index (χ1n) is 9.38. The maximum absolute atomic E-state index is 4.11. The highest BCUT2D eigenvalue weighted by Gasteiger charge is 2.62. The van der Waals surface area contributed by atoms with Gasteiger partial charge in [0.05, 0.1) is 0 Å². The van der Waals surface area contributed by atoms with Crippen LogP contribution in [0.2, 0.25) is 0 Å². The Hall–Kier alpha value is -0.560. The van der Waals surface area contributed by atoms with Crippen LogP contribution in [-0.2, 0) is 0 Å². The van der Waals surface area contributed by atoms with Crippen molar-refractivity contribution in [2.45, 2.75) is 65.3 Å². The van der Waals surface area contributed by atoms with E-state index in [-0.39, 0.29) is 0 Å². The summed E-state index contributed by atoms with van der Waals surface area (Å²) in [5, 5.41) is 3.72. The van der Waals surface area contributed by atoms with Crippen LogP contribution in [0.4, 0.5) is 0 Å². The standard InChI is InChI=1S/C21H35N/c1-14(2)9-12-21-13-15(3)17-10-11-20(5,22-6)18(19(17)21)8-7-16(21)4/h9,12,15-19,22H,1,7-8,10-11,13H2,2-6H3/b12-9+. The molecule has 7 atom stereocenters. The number of nitrogens with one attached hydrogen (secondary N) is 1. The molecule has 0 bridgehead atoms. The van der Waals surface area contributed by atoms with Gasteiger partial charge in [0.25, 0.3) is 0 Å². The van der Waals surface area contributed by atoms with E-state index in [0.717, 1.165) is 29.6 Å². The zero-order valence-electron chi connectivity index (χ0n) is 15.3. The Labute approximate surface area is 137 Å². The fourth-order valence-corrected chi connectivity index (χ4v) is 6.46. The van der Waals surface area contributed by atoms with Gasteiger partial charge in [-0.1, -0.05) is 38.2 Å². The maximum Gasteiger partial charge on any atom is 0.0181 e. The summed E-state index contributed by atoms with van der Waals surface area (Å²) in [5.41, 5.74) is 1.96. The largest absolute Gasteiger partial charge is 0.314 e. The average Bonchev–Trinajstić information content (AvgIpc) is 2.78. The predicted octanol–water partition coefficient (Wildman–Crippen LogP) is 5.20. The van der Waals surface area contributed by atoms with Crippen molar-refractivity contribution < 1.29 is 0 Å². The maximum atomic E-state index is 4.11. The van der Waals surface area contributed by atoms with Gasteiger partial charge in [-0.05, 0) is 88.0 Å². The van der Waals surface area contributed by atoms with Crippen molar-refractivity contribution in [3.63, 3.8) is 0 Å². The molecule has 0 heterocycles. The highest BCUT2D eigenvalue weighted by atomic mass is 15.0. The van der Waals surface area contributed by atoms with Crippen LogP contribution in [-0.4, -0.2) is 12.6 Å². The molecule has 0 spiro atoms. The van der Waals surface area contributed by atoms with E-state index in [0.29, 0.717) is 11.0 Å². The summed E-state index contributed by atoms with van der Waals surface area (Å²) in [5.74, 6) is 4.34. The van der Waals surface area contributed by atoms with Gasteiger partial charge >= 0.3 is 0 Å². The van der Waals surface area contributed by atoms with Gasteiger partial charge in [-0.25, -0.2) is 0 Å². The topological polar surface area (TPSA) is 12.0 Å². The molecule has 0 aromatic rings. The van der Waals surface area contributed by atoms with Gasteiger partial charge in [-0.3, -0.25) is 0 Å². The third kappa shape index (κ3) is 2.23. The van der Waals surface area contributed by atoms with Gasteiger partial charge in [-0.2, -0.15) is 0 Å². The molecule has 1 N–H and O–H groups in total. The van der Waals surface area contributed by atoms with Crippen molar-refractivity contribution in [1.82, 2.24) is 5.32 Å². The van der Waals surface area contributed by atoms with Crippen LogP contribution in [0.1, 0.15) is 59.8 Å². The number of rotatable bonds is 3. The van der Waals surface area contributed by atoms with E-state index in [9.17, 15) is 0 Å². The van der Waals surface area contributed by atoms with E-state index in [1.807, 2.05) is 0 Å². The average molecular weight is 302 g/mol. The molecular weight excluding hydrogens is 266 g/mol. The minimum atomic E-state index is 0.341. The second-order valence-corrected chi connectivity index (χ2v) is 8.95. The molecule has 0 radical (unpaired) electrons. The molecule has 1 nitrogen and oxygen atoms in total. The zero-order valence-corrected chi connectivity index (χ0v) is 15.3. The van der Waals surface area contributed by atoms with Crippen LogP contribution < -0.4 is 5.32 Å². The lowest BCUT2D eigenvalue weighted by atomic mass is 9.50. The molecule has 3 fully saturated rings. The van der Waals surface area contributed by atoms with E-state index in [2.05, 4.69) is 58.8 Å². The Morgan fingerprint density at radius 1 is 1.23 bits per heavy atom. The minimum absolute atomic E-state index is 0.341. The molecule has 0 saturated heterocycles. The van der Waals surface area contributed by atoms with Crippen molar-refractivity contribution in [1.29, 1.82) is 0 Å². The summed E-state index contributed by atoms with van der Waals surface area (Å²) >= 11 is 0. The van der Waals surface area contributed by atoms with Gasteiger partial charge in [0, 0.05) is 5.54 Å². The fourth-order valence-electron chi connectivity index (χ4n) is 6.46. The van der Waals surface area contributed by atoms with Crippen LogP contribution in [0.5, 0.6) is 0 Å². The Morgan fingerprint density at radius 2 is 1.95 bits per heavy atom. The monoisotopic (exact) mass is 301 g/mol. The first-order chi connectivity index (χ1) is 10.3. The van der Waals surface area contributed by atoms with Gasteiger partial charge in [0.15, 0.2) is 0 Å². The predicted molar refractivity (Wildman–Crippen MR) is 95.7 cm³/mol. The molecule has 124 valence electrons. The SMILES string of the molecule is C=C(C)/C=C/C12CC(C)C3CCC(C)(NC)C(CCC1C)C32. The fraction of sp³-hybridized carbons (Fsp3) is 0.810. The van der Waals surface area contributed by atoms with Crippen molar-refractivity contribution in [2.24, 2.45) is 35.0 Å². The Balaban J connectivity index is 2.05. The summed E-state index contributed by atoms with van der Waals surface area (Å²) in [4.78, 5) is 0.